The first-order valence-electron chi connectivity index (χ1n) is 11.8. The number of carbonyl (C=O) groups excluding carboxylic acids is 3. The van der Waals surface area contributed by atoms with Gasteiger partial charge in [0.25, 0.3) is 0 Å². The van der Waals surface area contributed by atoms with Gasteiger partial charge in [-0.3, -0.25) is 14.4 Å². The van der Waals surface area contributed by atoms with Gasteiger partial charge < -0.3 is 20.4 Å². The maximum atomic E-state index is 14.3. The molecule has 2 aliphatic heterocycles. The fraction of sp³-hybridized carbons (Fsp3) is 0.207. The Morgan fingerprint density at radius 3 is 1.47 bits per heavy atom. The minimum absolute atomic E-state index is 0.175. The van der Waals surface area contributed by atoms with Crippen molar-refractivity contribution in [3.63, 3.8) is 0 Å². The number of anilines is 2. The van der Waals surface area contributed by atoms with E-state index in [9.17, 15) is 14.4 Å². The van der Waals surface area contributed by atoms with Crippen molar-refractivity contribution < 1.29 is 14.4 Å². The third-order valence-corrected chi connectivity index (χ3v) is 6.42. The van der Waals surface area contributed by atoms with E-state index >= 15 is 0 Å². The predicted molar refractivity (Wildman–Crippen MR) is 142 cm³/mol. The van der Waals surface area contributed by atoms with Gasteiger partial charge in [-0.15, -0.1) is 0 Å². The second-order valence-corrected chi connectivity index (χ2v) is 8.66. The van der Waals surface area contributed by atoms with E-state index < -0.39 is 12.1 Å². The lowest BCUT2D eigenvalue weighted by atomic mass is 9.83. The largest absolute Gasteiger partial charge is 0.388 e. The van der Waals surface area contributed by atoms with E-state index in [1.807, 2.05) is 62.6 Å². The van der Waals surface area contributed by atoms with Gasteiger partial charge in [-0.1, -0.05) is 36.4 Å². The van der Waals surface area contributed by atoms with Crippen molar-refractivity contribution in [2.24, 2.45) is 0 Å². The second-order valence-electron chi connectivity index (χ2n) is 8.66. The highest BCUT2D eigenvalue weighted by molar-refractivity contribution is 6.11. The van der Waals surface area contributed by atoms with Crippen LogP contribution in [-0.4, -0.2) is 41.5 Å². The molecule has 2 N–H and O–H groups in total. The molecule has 7 nitrogen and oxygen atoms in total. The highest BCUT2D eigenvalue weighted by Crippen LogP contribution is 2.40. The van der Waals surface area contributed by atoms with Crippen molar-refractivity contribution in [3.05, 3.63) is 108 Å². The molecule has 0 aliphatic carbocycles. The first-order chi connectivity index (χ1) is 17.3. The molecule has 0 aromatic heterocycles. The molecule has 2 aromatic carbocycles. The Morgan fingerprint density at radius 1 is 0.694 bits per heavy atom. The van der Waals surface area contributed by atoms with Gasteiger partial charge in [-0.05, 0) is 47.5 Å². The van der Waals surface area contributed by atoms with E-state index in [4.69, 9.17) is 0 Å². The van der Waals surface area contributed by atoms with Gasteiger partial charge >= 0.3 is 0 Å². The van der Waals surface area contributed by atoms with E-state index in [1.54, 1.807) is 46.5 Å². The van der Waals surface area contributed by atoms with E-state index in [0.29, 0.717) is 11.1 Å². The quantitative estimate of drug-likeness (QED) is 0.622. The van der Waals surface area contributed by atoms with Crippen LogP contribution in [0.15, 0.2) is 96.4 Å². The highest BCUT2D eigenvalue weighted by Gasteiger charge is 2.37. The number of allylic oxidation sites excluding steroid dienone is 4. The smallest absolute Gasteiger partial charge is 0.224 e. The summed E-state index contributed by atoms with van der Waals surface area (Å²) in [6.07, 6.45) is 10.3. The fourth-order valence-corrected chi connectivity index (χ4v) is 4.68. The molecule has 2 amide bonds. The van der Waals surface area contributed by atoms with Crippen molar-refractivity contribution >= 4 is 29.0 Å². The molecule has 0 saturated heterocycles. The highest BCUT2D eigenvalue weighted by atomic mass is 16.2. The minimum Gasteiger partial charge on any atom is -0.388 e. The molecule has 36 heavy (non-hydrogen) atoms. The van der Waals surface area contributed by atoms with Crippen LogP contribution in [0.5, 0.6) is 0 Å². The number of nitrogens with zero attached hydrogens (tertiary/aromatic N) is 2. The van der Waals surface area contributed by atoms with Crippen LogP contribution in [-0.2, 0) is 14.4 Å². The monoisotopic (exact) mass is 482 g/mol. The molecule has 0 bridgehead atoms. The molecular formula is C29H30N4O3. The number of carbonyl (C=O) groups is 3. The van der Waals surface area contributed by atoms with E-state index in [0.717, 1.165) is 22.5 Å². The van der Waals surface area contributed by atoms with Crippen LogP contribution >= 0.6 is 0 Å². The zero-order valence-electron chi connectivity index (χ0n) is 20.9. The molecule has 4 rings (SSSR count). The molecule has 2 atom stereocenters. The summed E-state index contributed by atoms with van der Waals surface area (Å²) in [5, 5.41) is 6.24. The van der Waals surface area contributed by atoms with Crippen LogP contribution in [0.1, 0.15) is 37.1 Å². The average molecular weight is 483 g/mol. The van der Waals surface area contributed by atoms with E-state index in [1.165, 1.54) is 13.8 Å². The Labute approximate surface area is 211 Å². The number of ketones is 1. The Hall–Kier alpha value is -4.39. The number of Topliss-reactive ketones (excluding diaryl/α,β-unsaturated/α-hetero) is 1. The standard InChI is InChI=1S/C29H30N4O3/c1-19(34)32-15-7-13-25(27(32)21-9-5-11-23(17-21)30-3)29(36)26-14-8-16-33(20(2)35)28(26)22-10-6-12-24(18-22)31-4/h5-18,27-28,30-31H,1-4H3. The molecular weight excluding hydrogens is 452 g/mol. The van der Waals surface area contributed by atoms with Gasteiger partial charge in [0.15, 0.2) is 5.78 Å². The summed E-state index contributed by atoms with van der Waals surface area (Å²) in [7, 11) is 3.65. The lowest BCUT2D eigenvalue weighted by Gasteiger charge is -2.36. The van der Waals surface area contributed by atoms with Crippen molar-refractivity contribution in [1.29, 1.82) is 0 Å². The zero-order chi connectivity index (χ0) is 25.8. The molecule has 0 saturated carbocycles. The summed E-state index contributed by atoms with van der Waals surface area (Å²) in [6.45, 7) is 2.97. The average Bonchev–Trinajstić information content (AvgIpc) is 2.91. The van der Waals surface area contributed by atoms with Crippen LogP contribution in [0.3, 0.4) is 0 Å². The van der Waals surface area contributed by atoms with Gasteiger partial charge in [0.05, 0.1) is 12.1 Å². The van der Waals surface area contributed by atoms with Crippen LogP contribution < -0.4 is 10.6 Å². The van der Waals surface area contributed by atoms with Gasteiger partial charge in [0.1, 0.15) is 0 Å². The van der Waals surface area contributed by atoms with Crippen LogP contribution in [0, 0.1) is 0 Å². The molecule has 2 heterocycles. The third-order valence-electron chi connectivity index (χ3n) is 6.42. The number of hydrogen-bond acceptors (Lipinski definition) is 5. The van der Waals surface area contributed by atoms with Crippen LogP contribution in [0.4, 0.5) is 11.4 Å². The molecule has 0 radical (unpaired) electrons. The van der Waals surface area contributed by atoms with Gasteiger partial charge in [0.2, 0.25) is 11.8 Å². The van der Waals surface area contributed by atoms with Crippen molar-refractivity contribution in [2.45, 2.75) is 25.9 Å². The van der Waals surface area contributed by atoms with E-state index in [-0.39, 0.29) is 17.6 Å². The molecule has 7 heteroatoms. The van der Waals surface area contributed by atoms with Crippen molar-refractivity contribution in [3.8, 4) is 0 Å². The van der Waals surface area contributed by atoms with Crippen molar-refractivity contribution in [1.82, 2.24) is 9.80 Å². The Morgan fingerprint density at radius 2 is 1.11 bits per heavy atom. The van der Waals surface area contributed by atoms with Crippen molar-refractivity contribution in [2.75, 3.05) is 24.7 Å². The zero-order valence-corrected chi connectivity index (χ0v) is 20.9. The number of rotatable bonds is 6. The Bertz CT molecular complexity index is 1220. The first-order valence-corrected chi connectivity index (χ1v) is 11.8. The Balaban J connectivity index is 1.82. The molecule has 2 unspecified atom stereocenters. The SMILES string of the molecule is CNc1cccc(C2C(C(=O)C3=CC=CN(C(C)=O)C3c3cccc(NC)c3)=CC=CN2C(C)=O)c1. The van der Waals surface area contributed by atoms with Crippen LogP contribution in [0.25, 0.3) is 0 Å². The molecule has 184 valence electrons. The topological polar surface area (TPSA) is 81.8 Å². The summed E-state index contributed by atoms with van der Waals surface area (Å²) in [5.41, 5.74) is 4.29. The predicted octanol–water partition coefficient (Wildman–Crippen LogP) is 4.73. The van der Waals surface area contributed by atoms with Gasteiger partial charge in [-0.25, -0.2) is 0 Å². The fourth-order valence-electron chi connectivity index (χ4n) is 4.68. The third kappa shape index (κ3) is 4.73. The van der Waals surface area contributed by atoms with Gasteiger partial charge in [-0.2, -0.15) is 0 Å². The summed E-state index contributed by atoms with van der Waals surface area (Å²) >= 11 is 0. The minimum atomic E-state index is -0.602. The summed E-state index contributed by atoms with van der Waals surface area (Å²) in [4.78, 5) is 42.6. The summed E-state index contributed by atoms with van der Waals surface area (Å²) in [6, 6.07) is 14.1. The normalized spacial score (nSPS) is 18.9. The number of amides is 2. The number of nitrogens with one attached hydrogen (secondary N) is 2. The summed E-state index contributed by atoms with van der Waals surface area (Å²) < 4.78 is 0. The van der Waals surface area contributed by atoms with Crippen LogP contribution in [0.2, 0.25) is 0 Å². The second kappa shape index (κ2) is 10.5. The molecule has 2 aliphatic rings. The number of benzene rings is 2. The van der Waals surface area contributed by atoms with Gasteiger partial charge in [0, 0.05) is 62.9 Å². The summed E-state index contributed by atoms with van der Waals surface area (Å²) in [5.74, 6) is -0.572. The first kappa shape index (κ1) is 24.7. The maximum Gasteiger partial charge on any atom is 0.224 e. The molecule has 0 spiro atoms. The maximum absolute atomic E-state index is 14.3. The molecule has 0 fully saturated rings. The Kier molecular flexibility index (Phi) is 7.20. The number of hydrogen-bond donors (Lipinski definition) is 2. The lowest BCUT2D eigenvalue weighted by molar-refractivity contribution is -0.128. The molecule has 2 aromatic rings. The lowest BCUT2D eigenvalue weighted by Crippen LogP contribution is -2.37. The van der Waals surface area contributed by atoms with E-state index in [2.05, 4.69) is 10.6 Å².